The summed E-state index contributed by atoms with van der Waals surface area (Å²) in [6.07, 6.45) is 0.719. The molecule has 2 aromatic carbocycles. The predicted octanol–water partition coefficient (Wildman–Crippen LogP) is 2.64. The first-order valence-corrected chi connectivity index (χ1v) is 7.46. The molecule has 5 nitrogen and oxygen atoms in total. The molecule has 120 valence electrons. The predicted molar refractivity (Wildman–Crippen MR) is 92.1 cm³/mol. The molecule has 0 aliphatic carbocycles. The van der Waals surface area contributed by atoms with Crippen LogP contribution in [0.4, 0.5) is 0 Å². The Morgan fingerprint density at radius 2 is 1.83 bits per heavy atom. The number of amides is 1. The first-order chi connectivity index (χ1) is 11.1. The molecule has 0 radical (unpaired) electrons. The minimum Gasteiger partial charge on any atom is -0.497 e. The number of rotatable bonds is 5. The highest BCUT2D eigenvalue weighted by Gasteiger charge is 2.06. The van der Waals surface area contributed by atoms with Crippen molar-refractivity contribution in [2.45, 2.75) is 6.42 Å². The molecule has 0 atom stereocenters. The molecule has 0 aliphatic heterocycles. The largest absolute Gasteiger partial charge is 0.497 e. The van der Waals surface area contributed by atoms with Crippen LogP contribution in [0.5, 0.6) is 5.75 Å². The Morgan fingerprint density at radius 1 is 1.17 bits per heavy atom. The van der Waals surface area contributed by atoms with Crippen molar-refractivity contribution in [3.05, 3.63) is 64.7 Å². The van der Waals surface area contributed by atoms with E-state index in [1.54, 1.807) is 31.4 Å². The molecule has 0 saturated heterocycles. The molecular formula is C17H18ClN3O2. The molecule has 6 heteroatoms. The number of nitrogens with one attached hydrogen (secondary N) is 1. The molecule has 0 aliphatic rings. The molecule has 0 fully saturated rings. The molecule has 23 heavy (non-hydrogen) atoms. The minimum atomic E-state index is -0.305. The summed E-state index contributed by atoms with van der Waals surface area (Å²) < 4.78 is 5.04. The van der Waals surface area contributed by atoms with Gasteiger partial charge in [0.2, 0.25) is 0 Å². The van der Waals surface area contributed by atoms with Crippen molar-refractivity contribution in [1.29, 1.82) is 0 Å². The van der Waals surface area contributed by atoms with Crippen LogP contribution in [0, 0.1) is 0 Å². The highest BCUT2D eigenvalue weighted by Crippen LogP contribution is 2.11. The number of hydrogen-bond donors (Lipinski definition) is 2. The maximum absolute atomic E-state index is 12.0. The third-order valence-electron chi connectivity index (χ3n) is 3.19. The van der Waals surface area contributed by atoms with Gasteiger partial charge in [0, 0.05) is 17.1 Å². The number of carbonyl (C=O) groups excluding carboxylic acids is 1. The Morgan fingerprint density at radius 3 is 2.43 bits per heavy atom. The molecule has 0 saturated carbocycles. The number of halogens is 1. The number of methoxy groups -OCH3 is 1. The zero-order valence-corrected chi connectivity index (χ0v) is 13.5. The fourth-order valence-corrected chi connectivity index (χ4v) is 2.05. The topological polar surface area (TPSA) is 76.7 Å². The lowest BCUT2D eigenvalue weighted by atomic mass is 10.1. The SMILES string of the molecule is COc1ccc(C(=O)NC(N)=NCCc2ccc(Cl)cc2)cc1. The third kappa shape index (κ3) is 5.30. The van der Waals surface area contributed by atoms with Crippen LogP contribution in [0.1, 0.15) is 15.9 Å². The van der Waals surface area contributed by atoms with Crippen molar-refractivity contribution < 1.29 is 9.53 Å². The number of carbonyl (C=O) groups is 1. The van der Waals surface area contributed by atoms with Gasteiger partial charge in [-0.3, -0.25) is 15.1 Å². The van der Waals surface area contributed by atoms with Gasteiger partial charge < -0.3 is 10.5 Å². The Bertz CT molecular complexity index is 682. The Kier molecular flexibility index (Phi) is 6.00. The van der Waals surface area contributed by atoms with Crippen LogP contribution >= 0.6 is 11.6 Å². The fraction of sp³-hybridized carbons (Fsp3) is 0.176. The first-order valence-electron chi connectivity index (χ1n) is 7.08. The maximum atomic E-state index is 12.0. The minimum absolute atomic E-state index is 0.0970. The smallest absolute Gasteiger partial charge is 0.257 e. The normalized spacial score (nSPS) is 11.1. The summed E-state index contributed by atoms with van der Waals surface area (Å²) in [6.45, 7) is 0.482. The zero-order chi connectivity index (χ0) is 16.7. The summed E-state index contributed by atoms with van der Waals surface area (Å²) in [5, 5.41) is 3.25. The average molecular weight is 332 g/mol. The summed E-state index contributed by atoms with van der Waals surface area (Å²) in [5.74, 6) is 0.478. The fourth-order valence-electron chi connectivity index (χ4n) is 1.93. The van der Waals surface area contributed by atoms with Gasteiger partial charge in [-0.2, -0.15) is 0 Å². The van der Waals surface area contributed by atoms with E-state index in [4.69, 9.17) is 22.1 Å². The van der Waals surface area contributed by atoms with Gasteiger partial charge in [0.25, 0.3) is 5.91 Å². The molecular weight excluding hydrogens is 314 g/mol. The Labute approximate surface area is 140 Å². The van der Waals surface area contributed by atoms with E-state index in [1.807, 2.05) is 24.3 Å². The molecule has 2 aromatic rings. The molecule has 0 heterocycles. The number of guanidine groups is 1. The van der Waals surface area contributed by atoms with Crippen LogP contribution < -0.4 is 15.8 Å². The zero-order valence-electron chi connectivity index (χ0n) is 12.8. The summed E-state index contributed by atoms with van der Waals surface area (Å²) in [5.41, 5.74) is 7.32. The lowest BCUT2D eigenvalue weighted by Gasteiger charge is -2.06. The van der Waals surface area contributed by atoms with E-state index in [-0.39, 0.29) is 11.9 Å². The Balaban J connectivity index is 1.85. The lowest BCUT2D eigenvalue weighted by Crippen LogP contribution is -2.37. The molecule has 1 amide bonds. The van der Waals surface area contributed by atoms with Crippen LogP contribution in [-0.2, 0) is 6.42 Å². The average Bonchev–Trinajstić information content (AvgIpc) is 2.56. The molecule has 2 rings (SSSR count). The standard InChI is InChI=1S/C17H18ClN3O2/c1-23-15-8-4-13(5-9-15)16(22)21-17(19)20-11-10-12-2-6-14(18)7-3-12/h2-9H,10-11H2,1H3,(H3,19,20,21,22). The second-order valence-corrected chi connectivity index (χ2v) is 5.26. The van der Waals surface area contributed by atoms with Gasteiger partial charge in [0.15, 0.2) is 5.96 Å². The number of nitrogens with two attached hydrogens (primary N) is 1. The van der Waals surface area contributed by atoms with E-state index in [0.29, 0.717) is 22.9 Å². The molecule has 0 unspecified atom stereocenters. The van der Waals surface area contributed by atoms with Gasteiger partial charge in [0.1, 0.15) is 5.75 Å². The monoisotopic (exact) mass is 331 g/mol. The van der Waals surface area contributed by atoms with E-state index in [9.17, 15) is 4.79 Å². The van der Waals surface area contributed by atoms with Crippen molar-refractivity contribution >= 4 is 23.5 Å². The van der Waals surface area contributed by atoms with Gasteiger partial charge >= 0.3 is 0 Å². The van der Waals surface area contributed by atoms with Crippen LogP contribution in [0.25, 0.3) is 0 Å². The van der Waals surface area contributed by atoms with Gasteiger partial charge in [-0.1, -0.05) is 23.7 Å². The van der Waals surface area contributed by atoms with Crippen LogP contribution in [0.15, 0.2) is 53.5 Å². The highest BCUT2D eigenvalue weighted by atomic mass is 35.5. The molecule has 0 aromatic heterocycles. The van der Waals surface area contributed by atoms with Crippen molar-refractivity contribution in [1.82, 2.24) is 5.32 Å². The number of aliphatic imine (C=N–C) groups is 1. The summed E-state index contributed by atoms with van der Waals surface area (Å²) in [6, 6.07) is 14.3. The van der Waals surface area contributed by atoms with E-state index < -0.39 is 0 Å². The maximum Gasteiger partial charge on any atom is 0.257 e. The third-order valence-corrected chi connectivity index (χ3v) is 3.44. The summed E-state index contributed by atoms with van der Waals surface area (Å²) >= 11 is 5.83. The van der Waals surface area contributed by atoms with E-state index >= 15 is 0 Å². The van der Waals surface area contributed by atoms with E-state index in [1.165, 1.54) is 0 Å². The van der Waals surface area contributed by atoms with Crippen LogP contribution in [0.2, 0.25) is 5.02 Å². The number of benzene rings is 2. The van der Waals surface area contributed by atoms with Crippen molar-refractivity contribution in [3.63, 3.8) is 0 Å². The number of hydrogen-bond acceptors (Lipinski definition) is 3. The second kappa shape index (κ2) is 8.19. The number of ether oxygens (including phenoxy) is 1. The lowest BCUT2D eigenvalue weighted by molar-refractivity contribution is 0.0976. The first kappa shape index (κ1) is 16.8. The van der Waals surface area contributed by atoms with Crippen LogP contribution in [-0.4, -0.2) is 25.5 Å². The van der Waals surface area contributed by atoms with Crippen molar-refractivity contribution in [2.75, 3.05) is 13.7 Å². The summed E-state index contributed by atoms with van der Waals surface area (Å²) in [7, 11) is 1.57. The summed E-state index contributed by atoms with van der Waals surface area (Å²) in [4.78, 5) is 16.1. The van der Waals surface area contributed by atoms with E-state index in [0.717, 1.165) is 12.0 Å². The highest BCUT2D eigenvalue weighted by molar-refractivity contribution is 6.30. The van der Waals surface area contributed by atoms with Gasteiger partial charge in [-0.25, -0.2) is 0 Å². The van der Waals surface area contributed by atoms with Gasteiger partial charge in [-0.05, 0) is 48.4 Å². The van der Waals surface area contributed by atoms with E-state index in [2.05, 4.69) is 10.3 Å². The molecule has 0 bridgehead atoms. The van der Waals surface area contributed by atoms with Crippen molar-refractivity contribution in [3.8, 4) is 5.75 Å². The van der Waals surface area contributed by atoms with Crippen molar-refractivity contribution in [2.24, 2.45) is 10.7 Å². The Hall–Kier alpha value is -2.53. The van der Waals surface area contributed by atoms with Crippen LogP contribution in [0.3, 0.4) is 0 Å². The molecule has 0 spiro atoms. The second-order valence-electron chi connectivity index (χ2n) is 4.83. The quantitative estimate of drug-likeness (QED) is 0.653. The van der Waals surface area contributed by atoms with Gasteiger partial charge in [0.05, 0.1) is 7.11 Å². The van der Waals surface area contributed by atoms with Gasteiger partial charge in [-0.15, -0.1) is 0 Å². The number of nitrogens with zero attached hydrogens (tertiary/aromatic N) is 1. The molecule has 3 N–H and O–H groups in total.